The molecule has 0 spiro atoms. The molecule has 108 valence electrons. The van der Waals surface area contributed by atoms with Crippen molar-refractivity contribution in [2.24, 2.45) is 5.92 Å². The molecular formula is C14H15ClFNO3. The molecule has 2 atom stereocenters. The van der Waals surface area contributed by atoms with Crippen LogP contribution in [0.5, 0.6) is 0 Å². The van der Waals surface area contributed by atoms with Crippen LogP contribution in [-0.4, -0.2) is 28.9 Å². The van der Waals surface area contributed by atoms with E-state index in [4.69, 9.17) is 11.6 Å². The molecule has 2 rings (SSSR count). The number of amides is 1. The molecule has 0 aliphatic carbocycles. The van der Waals surface area contributed by atoms with Crippen molar-refractivity contribution in [3.05, 3.63) is 34.6 Å². The monoisotopic (exact) mass is 299 g/mol. The first kappa shape index (κ1) is 14.8. The van der Waals surface area contributed by atoms with Crippen molar-refractivity contribution in [3.63, 3.8) is 0 Å². The van der Waals surface area contributed by atoms with E-state index in [1.807, 2.05) is 0 Å². The Bertz CT molecular complexity index is 549. The lowest BCUT2D eigenvalue weighted by Gasteiger charge is -2.31. The second kappa shape index (κ2) is 5.79. The van der Waals surface area contributed by atoms with E-state index in [9.17, 15) is 19.1 Å². The van der Waals surface area contributed by atoms with Crippen molar-refractivity contribution < 1.29 is 19.1 Å². The van der Waals surface area contributed by atoms with Crippen LogP contribution in [0.3, 0.4) is 0 Å². The molecule has 0 saturated carbocycles. The van der Waals surface area contributed by atoms with Gasteiger partial charge in [-0.2, -0.15) is 0 Å². The summed E-state index contributed by atoms with van der Waals surface area (Å²) in [4.78, 5) is 24.7. The largest absolute Gasteiger partial charge is 0.481 e. The first-order valence-electron chi connectivity index (χ1n) is 6.35. The number of hydrogen-bond donors (Lipinski definition) is 1. The minimum Gasteiger partial charge on any atom is -0.481 e. The minimum absolute atomic E-state index is 0.155. The quantitative estimate of drug-likeness (QED) is 0.913. The molecule has 1 aromatic carbocycles. The summed E-state index contributed by atoms with van der Waals surface area (Å²) >= 11 is 5.87. The van der Waals surface area contributed by atoms with E-state index in [1.54, 1.807) is 0 Å². The number of likely N-dealkylation sites (tertiary alicyclic amines) is 1. The van der Waals surface area contributed by atoms with Crippen molar-refractivity contribution in [1.82, 2.24) is 4.90 Å². The molecule has 4 nitrogen and oxygen atoms in total. The molecule has 1 aliphatic rings. The second-order valence-corrected chi connectivity index (χ2v) is 5.39. The van der Waals surface area contributed by atoms with Gasteiger partial charge >= 0.3 is 5.97 Å². The zero-order valence-corrected chi connectivity index (χ0v) is 11.7. The lowest BCUT2D eigenvalue weighted by atomic mass is 9.89. The number of rotatable bonds is 2. The molecule has 20 heavy (non-hydrogen) atoms. The lowest BCUT2D eigenvalue weighted by molar-refractivity contribution is -0.145. The average molecular weight is 300 g/mol. The normalized spacial score (nSPS) is 23.6. The average Bonchev–Trinajstić information content (AvgIpc) is 2.53. The molecule has 1 heterocycles. The maximum Gasteiger partial charge on any atom is 0.308 e. The van der Waals surface area contributed by atoms with E-state index >= 15 is 0 Å². The van der Waals surface area contributed by atoms with Gasteiger partial charge < -0.3 is 10.0 Å². The van der Waals surface area contributed by atoms with Crippen molar-refractivity contribution in [2.75, 3.05) is 7.05 Å². The molecule has 6 heteroatoms. The van der Waals surface area contributed by atoms with E-state index < -0.39 is 23.7 Å². The predicted molar refractivity (Wildman–Crippen MR) is 71.9 cm³/mol. The molecule has 1 N–H and O–H groups in total. The summed E-state index contributed by atoms with van der Waals surface area (Å²) in [5.41, 5.74) is 0.155. The fraction of sp³-hybridized carbons (Fsp3) is 0.429. The number of aliphatic carboxylic acids is 1. The van der Waals surface area contributed by atoms with E-state index in [0.29, 0.717) is 17.9 Å². The summed E-state index contributed by atoms with van der Waals surface area (Å²) in [6.45, 7) is 0. The number of carbonyl (C=O) groups excluding carboxylic acids is 1. The number of benzene rings is 1. The summed E-state index contributed by atoms with van der Waals surface area (Å²) < 4.78 is 14.0. The Morgan fingerprint density at radius 1 is 1.50 bits per heavy atom. The van der Waals surface area contributed by atoms with Crippen LogP contribution in [0.4, 0.5) is 4.39 Å². The SMILES string of the molecule is CN1C(=O)CCCC(C(=O)O)C1c1cc(Cl)ccc1F. The van der Waals surface area contributed by atoms with Gasteiger partial charge in [-0.1, -0.05) is 11.6 Å². The van der Waals surface area contributed by atoms with Crippen LogP contribution in [-0.2, 0) is 9.59 Å². The number of nitrogens with zero attached hydrogens (tertiary/aromatic N) is 1. The van der Waals surface area contributed by atoms with E-state index in [0.717, 1.165) is 0 Å². The number of carboxylic acid groups (broad SMARTS) is 1. The summed E-state index contributed by atoms with van der Waals surface area (Å²) in [6, 6.07) is 3.15. The molecule has 0 radical (unpaired) electrons. The van der Waals surface area contributed by atoms with Gasteiger partial charge in [-0.3, -0.25) is 9.59 Å². The van der Waals surface area contributed by atoms with Crippen molar-refractivity contribution >= 4 is 23.5 Å². The van der Waals surface area contributed by atoms with Crippen molar-refractivity contribution in [3.8, 4) is 0 Å². The van der Waals surface area contributed by atoms with Crippen LogP contribution >= 0.6 is 11.6 Å². The van der Waals surface area contributed by atoms with Crippen molar-refractivity contribution in [2.45, 2.75) is 25.3 Å². The Kier molecular flexibility index (Phi) is 4.28. The highest BCUT2D eigenvalue weighted by Gasteiger charge is 2.38. The van der Waals surface area contributed by atoms with Crippen LogP contribution in [0.15, 0.2) is 18.2 Å². The summed E-state index contributed by atoms with van der Waals surface area (Å²) in [5, 5.41) is 9.68. The Labute approximate surface area is 121 Å². The van der Waals surface area contributed by atoms with Gasteiger partial charge in [-0.15, -0.1) is 0 Å². The Balaban J connectivity index is 2.52. The zero-order valence-electron chi connectivity index (χ0n) is 11.0. The predicted octanol–water partition coefficient (Wildman–Crippen LogP) is 2.86. The standard InChI is InChI=1S/C14H15ClFNO3/c1-17-12(18)4-2-3-9(14(19)20)13(17)10-7-8(15)5-6-11(10)16/h5-7,9,13H,2-4H2,1H3,(H,19,20). The Morgan fingerprint density at radius 2 is 2.20 bits per heavy atom. The third-order valence-electron chi connectivity index (χ3n) is 3.69. The number of carbonyl (C=O) groups is 2. The Hall–Kier alpha value is -1.62. The van der Waals surface area contributed by atoms with Gasteiger partial charge in [0.1, 0.15) is 5.82 Å². The van der Waals surface area contributed by atoms with Gasteiger partial charge in [0.25, 0.3) is 0 Å². The van der Waals surface area contributed by atoms with Gasteiger partial charge in [0.05, 0.1) is 12.0 Å². The highest BCUT2D eigenvalue weighted by molar-refractivity contribution is 6.30. The highest BCUT2D eigenvalue weighted by atomic mass is 35.5. The molecule has 1 aromatic rings. The fourth-order valence-electron chi connectivity index (χ4n) is 2.66. The molecule has 2 unspecified atom stereocenters. The maximum absolute atomic E-state index is 14.0. The summed E-state index contributed by atoms with van der Waals surface area (Å²) in [6.07, 6.45) is 1.10. The van der Waals surface area contributed by atoms with E-state index in [1.165, 1.54) is 30.1 Å². The first-order chi connectivity index (χ1) is 9.41. The highest BCUT2D eigenvalue weighted by Crippen LogP contribution is 2.37. The molecule has 0 bridgehead atoms. The van der Waals surface area contributed by atoms with Gasteiger partial charge in [-0.25, -0.2) is 4.39 Å². The third kappa shape index (κ3) is 2.77. The molecule has 1 fully saturated rings. The lowest BCUT2D eigenvalue weighted by Crippen LogP contribution is -2.36. The maximum atomic E-state index is 14.0. The summed E-state index contributed by atoms with van der Waals surface area (Å²) in [7, 11) is 1.51. The third-order valence-corrected chi connectivity index (χ3v) is 3.93. The van der Waals surface area contributed by atoms with Crippen LogP contribution in [0, 0.1) is 11.7 Å². The Morgan fingerprint density at radius 3 is 2.85 bits per heavy atom. The molecule has 0 aromatic heterocycles. The van der Waals surface area contributed by atoms with Crippen molar-refractivity contribution in [1.29, 1.82) is 0 Å². The van der Waals surface area contributed by atoms with Crippen LogP contribution in [0.2, 0.25) is 5.02 Å². The number of hydrogen-bond acceptors (Lipinski definition) is 2. The molecule has 1 saturated heterocycles. The molecule has 1 aliphatic heterocycles. The van der Waals surface area contributed by atoms with Crippen LogP contribution in [0.25, 0.3) is 0 Å². The van der Waals surface area contributed by atoms with Gasteiger partial charge in [0.15, 0.2) is 0 Å². The number of halogens is 2. The van der Waals surface area contributed by atoms with Crippen LogP contribution < -0.4 is 0 Å². The molecular weight excluding hydrogens is 285 g/mol. The zero-order chi connectivity index (χ0) is 14.9. The minimum atomic E-state index is -1.03. The van der Waals surface area contributed by atoms with E-state index in [-0.39, 0.29) is 17.9 Å². The number of carboxylic acids is 1. The van der Waals surface area contributed by atoms with Crippen LogP contribution in [0.1, 0.15) is 30.9 Å². The second-order valence-electron chi connectivity index (χ2n) is 4.95. The fourth-order valence-corrected chi connectivity index (χ4v) is 2.84. The summed E-state index contributed by atoms with van der Waals surface area (Å²) in [5.74, 6) is -2.60. The van der Waals surface area contributed by atoms with Gasteiger partial charge in [0, 0.05) is 24.1 Å². The smallest absolute Gasteiger partial charge is 0.308 e. The molecule has 1 amide bonds. The topological polar surface area (TPSA) is 57.6 Å². The van der Waals surface area contributed by atoms with Gasteiger partial charge in [0.2, 0.25) is 5.91 Å². The van der Waals surface area contributed by atoms with Gasteiger partial charge in [-0.05, 0) is 31.0 Å². The first-order valence-corrected chi connectivity index (χ1v) is 6.73. The van der Waals surface area contributed by atoms with E-state index in [2.05, 4.69) is 0 Å².